The Morgan fingerprint density at radius 3 is 2.47 bits per heavy atom. The number of nitrogens with zero attached hydrogens (tertiary/aromatic N) is 2. The van der Waals surface area contributed by atoms with Crippen LogP contribution < -0.4 is 0 Å². The van der Waals surface area contributed by atoms with Gasteiger partial charge in [-0.25, -0.2) is 5.01 Å². The molecule has 1 aliphatic rings. The van der Waals surface area contributed by atoms with E-state index in [1.807, 2.05) is 37.3 Å². The Morgan fingerprint density at radius 1 is 1.41 bits per heavy atom. The number of rotatable bonds is 1. The molecule has 1 aromatic rings. The van der Waals surface area contributed by atoms with E-state index in [-0.39, 0.29) is 29.8 Å². The molecule has 1 aliphatic heterocycles. The van der Waals surface area contributed by atoms with Crippen LogP contribution in [0.4, 0.5) is 0 Å². The zero-order chi connectivity index (χ0) is 11.8. The minimum atomic E-state index is -1.09. The molecule has 0 bridgehead atoms. The van der Waals surface area contributed by atoms with Crippen LogP contribution in [0.5, 0.6) is 0 Å². The molecule has 0 amide bonds. The van der Waals surface area contributed by atoms with E-state index < -0.39 is 5.72 Å². The molecule has 0 saturated carbocycles. The molecule has 0 saturated heterocycles. The van der Waals surface area contributed by atoms with E-state index in [9.17, 15) is 5.11 Å². The number of hydrogen-bond acceptors (Lipinski definition) is 3. The third-order valence-electron chi connectivity index (χ3n) is 2.58. The topological polar surface area (TPSA) is 59.7 Å². The lowest BCUT2D eigenvalue weighted by atomic mass is 10.1. The Balaban J connectivity index is 0.00000144. The fourth-order valence-electron chi connectivity index (χ4n) is 1.88. The van der Waals surface area contributed by atoms with Gasteiger partial charge in [0.2, 0.25) is 0 Å². The van der Waals surface area contributed by atoms with Crippen LogP contribution in [0.1, 0.15) is 25.8 Å². The monoisotopic (exact) mass is 345 g/mol. The van der Waals surface area contributed by atoms with Crippen molar-refractivity contribution in [2.24, 2.45) is 5.10 Å². The number of hydrogen-bond donors (Lipinski definition) is 2. The molecule has 0 aliphatic carbocycles. The summed E-state index contributed by atoms with van der Waals surface area (Å²) in [5, 5.41) is 23.7. The largest absolute Gasteiger partial charge is 0.369 e. The molecule has 5 heteroatoms. The van der Waals surface area contributed by atoms with Crippen molar-refractivity contribution >= 4 is 35.5 Å². The molecule has 1 aromatic carbocycles. The molecule has 4 nitrogen and oxygen atoms in total. The van der Waals surface area contributed by atoms with E-state index in [2.05, 4.69) is 5.10 Å². The fourth-order valence-corrected chi connectivity index (χ4v) is 1.88. The molecule has 17 heavy (non-hydrogen) atoms. The number of hydrazone groups is 1. The van der Waals surface area contributed by atoms with E-state index in [1.54, 1.807) is 6.92 Å². The Hall–Kier alpha value is -0.950. The predicted molar refractivity (Wildman–Crippen MR) is 78.9 cm³/mol. The third kappa shape index (κ3) is 2.84. The molecule has 0 radical (unpaired) electrons. The Kier molecular flexibility index (Phi) is 4.26. The highest BCUT2D eigenvalue weighted by atomic mass is 127. The summed E-state index contributed by atoms with van der Waals surface area (Å²) in [6, 6.07) is 9.30. The highest BCUT2D eigenvalue weighted by Gasteiger charge is 2.37. The van der Waals surface area contributed by atoms with E-state index in [0.717, 1.165) is 11.3 Å². The van der Waals surface area contributed by atoms with Gasteiger partial charge in [0.25, 0.3) is 0 Å². The summed E-state index contributed by atoms with van der Waals surface area (Å²) < 4.78 is 0. The smallest absolute Gasteiger partial charge is 0.162 e. The van der Waals surface area contributed by atoms with Crippen LogP contribution in [0, 0.1) is 5.41 Å². The first-order chi connectivity index (χ1) is 7.50. The summed E-state index contributed by atoms with van der Waals surface area (Å²) in [5.74, 6) is 0.224. The lowest BCUT2D eigenvalue weighted by Gasteiger charge is -2.28. The van der Waals surface area contributed by atoms with Gasteiger partial charge in [0, 0.05) is 17.7 Å². The average molecular weight is 345 g/mol. The second-order valence-electron chi connectivity index (χ2n) is 4.26. The molecular formula is C12H16IN3O. The molecule has 1 atom stereocenters. The van der Waals surface area contributed by atoms with Crippen molar-refractivity contribution in [1.29, 1.82) is 5.41 Å². The molecule has 2 N–H and O–H groups in total. The SMILES string of the molecule is CC1=NN(C(=N)c2ccccc2)C(C)(O)C1.I. The van der Waals surface area contributed by atoms with Crippen molar-refractivity contribution in [1.82, 2.24) is 5.01 Å². The van der Waals surface area contributed by atoms with Gasteiger partial charge in [-0.1, -0.05) is 30.3 Å². The van der Waals surface area contributed by atoms with Gasteiger partial charge in [0.05, 0.1) is 0 Å². The maximum atomic E-state index is 10.1. The van der Waals surface area contributed by atoms with Gasteiger partial charge in [0.15, 0.2) is 11.6 Å². The second-order valence-corrected chi connectivity index (χ2v) is 4.26. The number of halogens is 1. The molecule has 1 heterocycles. The van der Waals surface area contributed by atoms with Crippen LogP contribution in [-0.4, -0.2) is 27.4 Å². The zero-order valence-electron chi connectivity index (χ0n) is 9.84. The van der Waals surface area contributed by atoms with Crippen LogP contribution in [0.3, 0.4) is 0 Å². The first-order valence-corrected chi connectivity index (χ1v) is 5.21. The van der Waals surface area contributed by atoms with Crippen LogP contribution in [0.15, 0.2) is 35.4 Å². The van der Waals surface area contributed by atoms with E-state index >= 15 is 0 Å². The molecule has 0 fully saturated rings. The summed E-state index contributed by atoms with van der Waals surface area (Å²) in [7, 11) is 0. The summed E-state index contributed by atoms with van der Waals surface area (Å²) >= 11 is 0. The maximum Gasteiger partial charge on any atom is 0.162 e. The van der Waals surface area contributed by atoms with Gasteiger partial charge in [-0.2, -0.15) is 5.10 Å². The number of nitrogens with one attached hydrogen (secondary N) is 1. The summed E-state index contributed by atoms with van der Waals surface area (Å²) in [4.78, 5) is 0. The first-order valence-electron chi connectivity index (χ1n) is 5.21. The summed E-state index contributed by atoms with van der Waals surface area (Å²) in [6.07, 6.45) is 0.474. The van der Waals surface area contributed by atoms with Crippen LogP contribution in [-0.2, 0) is 0 Å². The first kappa shape index (κ1) is 14.1. The molecule has 0 aromatic heterocycles. The predicted octanol–water partition coefficient (Wildman–Crippen LogP) is 2.42. The fraction of sp³-hybridized carbons (Fsp3) is 0.333. The zero-order valence-corrected chi connectivity index (χ0v) is 12.2. The standard InChI is InChI=1S/C12H15N3O.HI/c1-9-8-12(2,16)15(14-9)11(13)10-6-4-3-5-7-10;/h3-7,13,16H,8H2,1-2H3;1H. The van der Waals surface area contributed by atoms with Crippen molar-refractivity contribution in [3.05, 3.63) is 35.9 Å². The van der Waals surface area contributed by atoms with Crippen LogP contribution >= 0.6 is 24.0 Å². The molecule has 2 rings (SSSR count). The second kappa shape index (κ2) is 5.14. The Labute approximate surface area is 118 Å². The van der Waals surface area contributed by atoms with Crippen LogP contribution in [0.25, 0.3) is 0 Å². The van der Waals surface area contributed by atoms with Gasteiger partial charge >= 0.3 is 0 Å². The van der Waals surface area contributed by atoms with Crippen molar-refractivity contribution in [3.63, 3.8) is 0 Å². The number of amidine groups is 1. The lowest BCUT2D eigenvalue weighted by molar-refractivity contribution is -0.0330. The summed E-state index contributed by atoms with van der Waals surface area (Å²) in [5.41, 5.74) is 0.503. The van der Waals surface area contributed by atoms with Crippen LogP contribution in [0.2, 0.25) is 0 Å². The highest BCUT2D eigenvalue weighted by molar-refractivity contribution is 14.0. The van der Waals surface area contributed by atoms with Gasteiger partial charge in [-0.15, -0.1) is 24.0 Å². The molecule has 1 unspecified atom stereocenters. The third-order valence-corrected chi connectivity index (χ3v) is 2.58. The average Bonchev–Trinajstić information content (AvgIpc) is 2.52. The minimum absolute atomic E-state index is 0. The number of benzene rings is 1. The van der Waals surface area contributed by atoms with E-state index in [1.165, 1.54) is 5.01 Å². The normalized spacial score (nSPS) is 23.0. The Bertz CT molecular complexity index is 442. The Morgan fingerprint density at radius 2 is 2.00 bits per heavy atom. The quantitative estimate of drug-likeness (QED) is 0.467. The molecular weight excluding hydrogens is 329 g/mol. The van der Waals surface area contributed by atoms with Gasteiger partial charge in [-0.05, 0) is 13.8 Å². The highest BCUT2D eigenvalue weighted by Crippen LogP contribution is 2.26. The molecule has 92 valence electrons. The van der Waals surface area contributed by atoms with E-state index in [0.29, 0.717) is 6.42 Å². The lowest BCUT2D eigenvalue weighted by Crippen LogP contribution is -2.43. The van der Waals surface area contributed by atoms with Crippen molar-refractivity contribution in [2.75, 3.05) is 0 Å². The van der Waals surface area contributed by atoms with Crippen molar-refractivity contribution in [3.8, 4) is 0 Å². The molecule has 0 spiro atoms. The minimum Gasteiger partial charge on any atom is -0.369 e. The summed E-state index contributed by atoms with van der Waals surface area (Å²) in [6.45, 7) is 3.53. The van der Waals surface area contributed by atoms with Crippen molar-refractivity contribution < 1.29 is 5.11 Å². The van der Waals surface area contributed by atoms with Gasteiger partial charge < -0.3 is 5.11 Å². The van der Waals surface area contributed by atoms with Gasteiger partial charge in [-0.3, -0.25) is 5.41 Å². The van der Waals surface area contributed by atoms with E-state index in [4.69, 9.17) is 5.41 Å². The van der Waals surface area contributed by atoms with Crippen molar-refractivity contribution in [2.45, 2.75) is 26.0 Å². The number of aliphatic hydroxyl groups is 1. The maximum absolute atomic E-state index is 10.1. The van der Waals surface area contributed by atoms with Gasteiger partial charge in [0.1, 0.15) is 0 Å².